The highest BCUT2D eigenvalue weighted by Gasteiger charge is 2.37. The van der Waals surface area contributed by atoms with Gasteiger partial charge in [0.25, 0.3) is 0 Å². The van der Waals surface area contributed by atoms with E-state index in [1.54, 1.807) is 4.90 Å². The van der Waals surface area contributed by atoms with Gasteiger partial charge in [0, 0.05) is 13.1 Å². The lowest BCUT2D eigenvalue weighted by Gasteiger charge is -2.23. The molecule has 2 aliphatic heterocycles. The van der Waals surface area contributed by atoms with E-state index in [0.717, 1.165) is 25.8 Å². The Morgan fingerprint density at radius 3 is 2.48 bits per heavy atom. The fourth-order valence-corrected chi connectivity index (χ4v) is 4.12. The Kier molecular flexibility index (Phi) is 6.15. The lowest BCUT2D eigenvalue weighted by Crippen LogP contribution is -2.45. The second kappa shape index (κ2) is 8.56. The number of hydrogen-bond donors (Lipinski definition) is 1. The summed E-state index contributed by atoms with van der Waals surface area (Å²) in [4.78, 5) is 14.5. The predicted octanol–water partition coefficient (Wildman–Crippen LogP) is 3.74. The topological polar surface area (TPSA) is 56.1 Å². The zero-order chi connectivity index (χ0) is 17.9. The van der Waals surface area contributed by atoms with Crippen molar-refractivity contribution in [2.24, 2.45) is 0 Å². The normalized spacial score (nSPS) is 24.3. The van der Waals surface area contributed by atoms with Gasteiger partial charge in [0.05, 0.1) is 12.1 Å². The van der Waals surface area contributed by atoms with Gasteiger partial charge in [-0.15, -0.1) is 12.4 Å². The molecule has 27 heavy (non-hydrogen) atoms. The average molecular weight is 382 g/mol. The predicted molar refractivity (Wildman–Crippen MR) is 109 cm³/mol. The minimum Gasteiger partial charge on any atom is -0.325 e. The number of benzene rings is 2. The van der Waals surface area contributed by atoms with E-state index < -0.39 is 0 Å². The van der Waals surface area contributed by atoms with Crippen molar-refractivity contribution in [2.75, 3.05) is 13.1 Å². The van der Waals surface area contributed by atoms with E-state index in [2.05, 4.69) is 47.8 Å². The van der Waals surface area contributed by atoms with Crippen LogP contribution in [0.2, 0.25) is 0 Å². The molecule has 2 aromatic carbocycles. The molecule has 2 fully saturated rings. The number of nitriles is 1. The molecule has 0 bridgehead atoms. The standard InChI is InChI=1S/C22H23N3O.ClH/c23-14-20-7-4-12-25(20)22(26)21-13-19(15-24-21)18-10-8-17(9-11-18)16-5-2-1-3-6-16;/h1-3,5-6,8-11,19-21,24H,4,7,12-13,15H2;1H/t19-,20-,21-;/m0./s1. The molecule has 0 aromatic heterocycles. The van der Waals surface area contributed by atoms with Crippen LogP contribution in [0.3, 0.4) is 0 Å². The minimum atomic E-state index is -0.242. The Hall–Kier alpha value is -2.35. The highest BCUT2D eigenvalue weighted by atomic mass is 35.5. The van der Waals surface area contributed by atoms with Crippen molar-refractivity contribution in [3.63, 3.8) is 0 Å². The number of carbonyl (C=O) groups is 1. The van der Waals surface area contributed by atoms with Crippen molar-refractivity contribution in [2.45, 2.75) is 37.3 Å². The Balaban J connectivity index is 0.00000210. The second-order valence-electron chi connectivity index (χ2n) is 7.20. The molecule has 2 heterocycles. The molecule has 1 N–H and O–H groups in total. The number of amides is 1. The second-order valence-corrected chi connectivity index (χ2v) is 7.20. The molecule has 0 aliphatic carbocycles. The Morgan fingerprint density at radius 1 is 1.07 bits per heavy atom. The maximum atomic E-state index is 12.7. The zero-order valence-electron chi connectivity index (χ0n) is 15.2. The lowest BCUT2D eigenvalue weighted by atomic mass is 9.94. The molecule has 2 aromatic rings. The fourth-order valence-electron chi connectivity index (χ4n) is 4.12. The van der Waals surface area contributed by atoms with E-state index in [1.165, 1.54) is 16.7 Å². The average Bonchev–Trinajstić information content (AvgIpc) is 3.38. The summed E-state index contributed by atoms with van der Waals surface area (Å²) in [6.07, 6.45) is 2.54. The summed E-state index contributed by atoms with van der Waals surface area (Å²) < 4.78 is 0. The summed E-state index contributed by atoms with van der Waals surface area (Å²) in [6, 6.07) is 20.9. The highest BCUT2D eigenvalue weighted by Crippen LogP contribution is 2.30. The summed E-state index contributed by atoms with van der Waals surface area (Å²) >= 11 is 0. The summed E-state index contributed by atoms with van der Waals surface area (Å²) in [6.45, 7) is 1.53. The van der Waals surface area contributed by atoms with Crippen LogP contribution >= 0.6 is 12.4 Å². The first kappa shape index (κ1) is 19.4. The van der Waals surface area contributed by atoms with Gasteiger partial charge in [-0.05, 0) is 41.9 Å². The van der Waals surface area contributed by atoms with Crippen LogP contribution in [-0.4, -0.2) is 36.0 Å². The quantitative estimate of drug-likeness (QED) is 0.881. The number of rotatable bonds is 3. The van der Waals surface area contributed by atoms with Gasteiger partial charge < -0.3 is 10.2 Å². The van der Waals surface area contributed by atoms with Crippen LogP contribution in [0, 0.1) is 11.3 Å². The summed E-state index contributed by atoms with van der Waals surface area (Å²) in [7, 11) is 0. The van der Waals surface area contributed by atoms with E-state index in [0.29, 0.717) is 12.5 Å². The number of likely N-dealkylation sites (tertiary alicyclic amines) is 1. The molecular weight excluding hydrogens is 358 g/mol. The van der Waals surface area contributed by atoms with Gasteiger partial charge >= 0.3 is 0 Å². The van der Waals surface area contributed by atoms with Gasteiger partial charge in [0.2, 0.25) is 5.91 Å². The van der Waals surface area contributed by atoms with Crippen LogP contribution in [-0.2, 0) is 4.79 Å². The van der Waals surface area contributed by atoms with Gasteiger partial charge in [0.15, 0.2) is 0 Å². The van der Waals surface area contributed by atoms with Crippen molar-refractivity contribution in [1.82, 2.24) is 10.2 Å². The van der Waals surface area contributed by atoms with Gasteiger partial charge in [0.1, 0.15) is 6.04 Å². The molecule has 2 aliphatic rings. The minimum absolute atomic E-state index is 0. The molecular formula is C22H24ClN3O. The van der Waals surface area contributed by atoms with E-state index in [1.807, 2.05) is 18.2 Å². The first-order valence-corrected chi connectivity index (χ1v) is 9.35. The SMILES string of the molecule is Cl.N#C[C@@H]1CCCN1C(=O)[C@@H]1C[C@H](c2ccc(-c3ccccc3)cc2)CN1. The first-order valence-electron chi connectivity index (χ1n) is 9.35. The number of halogens is 1. The Labute approximate surface area is 166 Å². The monoisotopic (exact) mass is 381 g/mol. The molecule has 5 heteroatoms. The number of hydrogen-bond acceptors (Lipinski definition) is 3. The Bertz CT molecular complexity index is 816. The van der Waals surface area contributed by atoms with Crippen LogP contribution in [0.1, 0.15) is 30.7 Å². The third-order valence-corrected chi connectivity index (χ3v) is 5.60. The van der Waals surface area contributed by atoms with Crippen LogP contribution < -0.4 is 5.32 Å². The number of nitrogens with one attached hydrogen (secondary N) is 1. The first-order chi connectivity index (χ1) is 12.8. The van der Waals surface area contributed by atoms with Crippen molar-refractivity contribution in [1.29, 1.82) is 5.26 Å². The third-order valence-electron chi connectivity index (χ3n) is 5.60. The lowest BCUT2D eigenvalue weighted by molar-refractivity contribution is -0.133. The van der Waals surface area contributed by atoms with Gasteiger partial charge in [-0.1, -0.05) is 54.6 Å². The van der Waals surface area contributed by atoms with Crippen molar-refractivity contribution >= 4 is 18.3 Å². The fraction of sp³-hybridized carbons (Fsp3) is 0.364. The molecule has 140 valence electrons. The molecule has 1 amide bonds. The van der Waals surface area contributed by atoms with Crippen LogP contribution in [0.4, 0.5) is 0 Å². The molecule has 0 radical (unpaired) electrons. The van der Waals surface area contributed by atoms with Gasteiger partial charge in [-0.2, -0.15) is 5.26 Å². The van der Waals surface area contributed by atoms with Crippen molar-refractivity contribution in [3.05, 3.63) is 60.2 Å². The smallest absolute Gasteiger partial charge is 0.240 e. The van der Waals surface area contributed by atoms with Gasteiger partial charge in [-0.3, -0.25) is 4.79 Å². The summed E-state index contributed by atoms with van der Waals surface area (Å²) in [5.74, 6) is 0.439. The highest BCUT2D eigenvalue weighted by molar-refractivity contribution is 5.85. The maximum absolute atomic E-state index is 12.7. The molecule has 2 saturated heterocycles. The summed E-state index contributed by atoms with van der Waals surface area (Å²) in [5.41, 5.74) is 3.70. The van der Waals surface area contributed by atoms with E-state index >= 15 is 0 Å². The van der Waals surface area contributed by atoms with E-state index in [-0.39, 0.29) is 30.4 Å². The van der Waals surface area contributed by atoms with Gasteiger partial charge in [-0.25, -0.2) is 0 Å². The van der Waals surface area contributed by atoms with Crippen LogP contribution in [0.5, 0.6) is 0 Å². The molecule has 0 spiro atoms. The zero-order valence-corrected chi connectivity index (χ0v) is 16.0. The molecule has 3 atom stereocenters. The largest absolute Gasteiger partial charge is 0.325 e. The van der Waals surface area contributed by atoms with Crippen LogP contribution in [0.25, 0.3) is 11.1 Å². The van der Waals surface area contributed by atoms with E-state index in [4.69, 9.17) is 0 Å². The maximum Gasteiger partial charge on any atom is 0.240 e. The van der Waals surface area contributed by atoms with Crippen molar-refractivity contribution < 1.29 is 4.79 Å². The van der Waals surface area contributed by atoms with E-state index in [9.17, 15) is 10.1 Å². The Morgan fingerprint density at radius 2 is 1.78 bits per heavy atom. The molecule has 0 saturated carbocycles. The van der Waals surface area contributed by atoms with Crippen LogP contribution in [0.15, 0.2) is 54.6 Å². The molecule has 4 nitrogen and oxygen atoms in total. The number of nitrogens with zero attached hydrogens (tertiary/aromatic N) is 2. The number of carbonyl (C=O) groups excluding carboxylic acids is 1. The van der Waals surface area contributed by atoms with Crippen molar-refractivity contribution in [3.8, 4) is 17.2 Å². The third kappa shape index (κ3) is 4.00. The summed E-state index contributed by atoms with van der Waals surface area (Å²) in [5, 5.41) is 12.6. The molecule has 4 rings (SSSR count). The molecule has 0 unspecified atom stereocenters.